The number of benzene rings is 2. The van der Waals surface area contributed by atoms with Gasteiger partial charge in [0.2, 0.25) is 0 Å². The molecule has 1 aromatic heterocycles. The number of nitrogens with zero attached hydrogens (tertiary/aromatic N) is 2. The van der Waals surface area contributed by atoms with Gasteiger partial charge in [-0.1, -0.05) is 11.6 Å². The summed E-state index contributed by atoms with van der Waals surface area (Å²) in [4.78, 5) is 19.5. The standard InChI is InChI=1S/C29H33ClFN3O3.ClH/c1-17(35)23-15-32-26-14-25(31)21(19-11-24(30)29(36)27(12-19)37-2)13-22(26)28(23)33-20-7-5-18(6-8-20)16-34-9-3-4-10-34;/h11-15,18,20,36H,3-10,16H2,1-2H3,(H,32,33);1H. The number of fused-ring (bicyclic) bond motifs is 1. The summed E-state index contributed by atoms with van der Waals surface area (Å²) in [6.45, 7) is 5.15. The second kappa shape index (κ2) is 12.1. The molecule has 1 aliphatic heterocycles. The molecule has 2 fully saturated rings. The molecule has 2 aromatic carbocycles. The number of ether oxygens (including phenoxy) is 1. The normalized spacial score (nSPS) is 19.8. The number of likely N-dealkylation sites (tertiary alicyclic amines) is 1. The molecule has 38 heavy (non-hydrogen) atoms. The summed E-state index contributed by atoms with van der Waals surface area (Å²) in [5, 5.41) is 14.5. The van der Waals surface area contributed by atoms with Crippen LogP contribution < -0.4 is 10.1 Å². The number of anilines is 1. The Bertz CT molecular complexity index is 1320. The molecule has 1 saturated heterocycles. The van der Waals surface area contributed by atoms with Crippen LogP contribution in [0.15, 0.2) is 30.5 Å². The summed E-state index contributed by atoms with van der Waals surface area (Å²) >= 11 is 6.19. The smallest absolute Gasteiger partial charge is 0.176 e. The molecule has 3 aromatic rings. The molecule has 6 nitrogen and oxygen atoms in total. The van der Waals surface area contributed by atoms with Crippen LogP contribution in [0, 0.1) is 11.7 Å². The second-order valence-corrected chi connectivity index (χ2v) is 10.7. The third-order valence-electron chi connectivity index (χ3n) is 7.81. The van der Waals surface area contributed by atoms with Gasteiger partial charge in [0, 0.05) is 35.8 Å². The highest BCUT2D eigenvalue weighted by Crippen LogP contribution is 2.41. The van der Waals surface area contributed by atoms with Crippen molar-refractivity contribution in [2.24, 2.45) is 5.92 Å². The highest BCUT2D eigenvalue weighted by atomic mass is 35.5. The SMILES string of the molecule is COc1cc(-c2cc3c(NC4CCC(CN5CCCC5)CC4)c(C(C)=O)cnc3cc2F)cc(Cl)c1O.Cl. The van der Waals surface area contributed by atoms with E-state index in [-0.39, 0.29) is 46.3 Å². The molecule has 0 atom stereocenters. The van der Waals surface area contributed by atoms with E-state index in [2.05, 4.69) is 15.2 Å². The molecule has 1 saturated carbocycles. The molecule has 9 heteroatoms. The van der Waals surface area contributed by atoms with Crippen molar-refractivity contribution < 1.29 is 19.0 Å². The molecule has 2 heterocycles. The van der Waals surface area contributed by atoms with Crippen molar-refractivity contribution in [3.63, 3.8) is 0 Å². The number of carbonyl (C=O) groups is 1. The molecule has 0 spiro atoms. The van der Waals surface area contributed by atoms with Crippen molar-refractivity contribution in [2.75, 3.05) is 32.1 Å². The number of hydrogen-bond acceptors (Lipinski definition) is 6. The summed E-state index contributed by atoms with van der Waals surface area (Å²) in [6.07, 6.45) is 8.51. The highest BCUT2D eigenvalue weighted by Gasteiger charge is 2.26. The van der Waals surface area contributed by atoms with Gasteiger partial charge in [0.15, 0.2) is 17.3 Å². The summed E-state index contributed by atoms with van der Waals surface area (Å²) in [5.74, 6) is 0.0964. The van der Waals surface area contributed by atoms with Crippen LogP contribution in [0.1, 0.15) is 55.8 Å². The number of halogens is 3. The van der Waals surface area contributed by atoms with Crippen molar-refractivity contribution in [2.45, 2.75) is 51.5 Å². The topological polar surface area (TPSA) is 74.7 Å². The Hall–Kier alpha value is -2.61. The predicted octanol–water partition coefficient (Wildman–Crippen LogP) is 7.10. The van der Waals surface area contributed by atoms with Gasteiger partial charge in [-0.25, -0.2) is 4.39 Å². The maximum absolute atomic E-state index is 15.3. The van der Waals surface area contributed by atoms with Crippen LogP contribution in [-0.4, -0.2) is 53.6 Å². The quantitative estimate of drug-likeness (QED) is 0.299. The first-order valence-electron chi connectivity index (χ1n) is 13.0. The summed E-state index contributed by atoms with van der Waals surface area (Å²) < 4.78 is 20.5. The molecule has 2 N–H and O–H groups in total. The van der Waals surface area contributed by atoms with E-state index in [9.17, 15) is 9.90 Å². The average Bonchev–Trinajstić information content (AvgIpc) is 3.39. The Morgan fingerprint density at radius 2 is 1.89 bits per heavy atom. The minimum Gasteiger partial charge on any atom is -0.503 e. The maximum Gasteiger partial charge on any atom is 0.176 e. The number of phenols is 1. The third-order valence-corrected chi connectivity index (χ3v) is 8.09. The Kier molecular flexibility index (Phi) is 9.01. The molecular formula is C29H34Cl2FN3O3. The monoisotopic (exact) mass is 561 g/mol. The Labute approximate surface area is 233 Å². The lowest BCUT2D eigenvalue weighted by Crippen LogP contribution is -2.33. The van der Waals surface area contributed by atoms with Crippen molar-refractivity contribution in [1.82, 2.24) is 9.88 Å². The van der Waals surface area contributed by atoms with E-state index in [1.54, 1.807) is 12.1 Å². The predicted molar refractivity (Wildman–Crippen MR) is 153 cm³/mol. The molecular weight excluding hydrogens is 528 g/mol. The van der Waals surface area contributed by atoms with Crippen molar-refractivity contribution in [3.8, 4) is 22.6 Å². The van der Waals surface area contributed by atoms with Gasteiger partial charge in [0.1, 0.15) is 5.82 Å². The van der Waals surface area contributed by atoms with Gasteiger partial charge >= 0.3 is 0 Å². The van der Waals surface area contributed by atoms with E-state index < -0.39 is 5.82 Å². The van der Waals surface area contributed by atoms with Gasteiger partial charge in [-0.3, -0.25) is 9.78 Å². The molecule has 5 rings (SSSR count). The first-order valence-corrected chi connectivity index (χ1v) is 13.4. The van der Waals surface area contributed by atoms with Crippen molar-refractivity contribution >= 4 is 46.4 Å². The lowest BCUT2D eigenvalue weighted by atomic mass is 9.85. The summed E-state index contributed by atoms with van der Waals surface area (Å²) in [7, 11) is 1.41. The van der Waals surface area contributed by atoms with Crippen molar-refractivity contribution in [3.05, 3.63) is 46.9 Å². The zero-order valence-electron chi connectivity index (χ0n) is 21.7. The van der Waals surface area contributed by atoms with E-state index in [4.69, 9.17) is 16.3 Å². The number of ketones is 1. The first kappa shape index (κ1) is 28.4. The molecule has 0 bridgehead atoms. The van der Waals surface area contributed by atoms with Crippen molar-refractivity contribution in [1.29, 1.82) is 0 Å². The van der Waals surface area contributed by atoms with Crippen LogP contribution in [0.25, 0.3) is 22.0 Å². The van der Waals surface area contributed by atoms with E-state index in [0.717, 1.165) is 25.7 Å². The number of methoxy groups -OCH3 is 1. The van der Waals surface area contributed by atoms with Crippen LogP contribution in [0.3, 0.4) is 0 Å². The van der Waals surface area contributed by atoms with Crippen LogP contribution in [-0.2, 0) is 0 Å². The molecule has 0 radical (unpaired) electrons. The van der Waals surface area contributed by atoms with Gasteiger partial charge < -0.3 is 20.1 Å². The molecule has 0 unspecified atom stereocenters. The fraction of sp³-hybridized carbons (Fsp3) is 0.448. The molecule has 1 aliphatic carbocycles. The van der Waals surface area contributed by atoms with Crippen LogP contribution in [0.2, 0.25) is 5.02 Å². The molecule has 2 aliphatic rings. The fourth-order valence-electron chi connectivity index (χ4n) is 5.77. The fourth-order valence-corrected chi connectivity index (χ4v) is 5.98. The minimum atomic E-state index is -0.479. The van der Waals surface area contributed by atoms with Gasteiger partial charge in [-0.2, -0.15) is 0 Å². The number of pyridine rings is 1. The minimum absolute atomic E-state index is 0. The summed E-state index contributed by atoms with van der Waals surface area (Å²) in [6, 6.07) is 6.35. The van der Waals surface area contributed by atoms with E-state index >= 15 is 4.39 Å². The third kappa shape index (κ3) is 5.85. The van der Waals surface area contributed by atoms with Gasteiger partial charge in [0.05, 0.1) is 28.9 Å². The molecule has 0 amide bonds. The number of nitrogens with one attached hydrogen (secondary N) is 1. The Morgan fingerprint density at radius 3 is 2.55 bits per heavy atom. The number of aromatic nitrogens is 1. The van der Waals surface area contributed by atoms with Crippen LogP contribution >= 0.6 is 24.0 Å². The average molecular weight is 563 g/mol. The lowest BCUT2D eigenvalue weighted by Gasteiger charge is -2.32. The Balaban J connectivity index is 0.00000336. The highest BCUT2D eigenvalue weighted by molar-refractivity contribution is 6.32. The number of phenolic OH excluding ortho intramolecular Hbond substituents is 1. The zero-order valence-corrected chi connectivity index (χ0v) is 23.3. The number of aromatic hydroxyl groups is 1. The van der Waals surface area contributed by atoms with Crippen LogP contribution in [0.5, 0.6) is 11.5 Å². The Morgan fingerprint density at radius 1 is 1.18 bits per heavy atom. The number of hydrogen-bond donors (Lipinski definition) is 2. The van der Waals surface area contributed by atoms with Crippen LogP contribution in [0.4, 0.5) is 10.1 Å². The molecule has 204 valence electrons. The maximum atomic E-state index is 15.3. The van der Waals surface area contributed by atoms with Gasteiger partial charge in [-0.05, 0) is 88.2 Å². The zero-order chi connectivity index (χ0) is 26.1. The largest absolute Gasteiger partial charge is 0.503 e. The second-order valence-electron chi connectivity index (χ2n) is 10.3. The van der Waals surface area contributed by atoms with E-state index in [1.165, 1.54) is 64.8 Å². The summed E-state index contributed by atoms with van der Waals surface area (Å²) in [5.41, 5.74) is 2.39. The number of Topliss-reactive ketones (excluding diaryl/α,β-unsaturated/α-hetero) is 1. The lowest BCUT2D eigenvalue weighted by molar-refractivity contribution is 0.101. The number of carbonyl (C=O) groups excluding carboxylic acids is 1. The first-order chi connectivity index (χ1) is 17.8. The van der Waals surface area contributed by atoms with E-state index in [1.807, 2.05) is 0 Å². The van der Waals surface area contributed by atoms with E-state index in [0.29, 0.717) is 33.6 Å². The van der Waals surface area contributed by atoms with Gasteiger partial charge in [0.25, 0.3) is 0 Å². The number of rotatable bonds is 7. The van der Waals surface area contributed by atoms with Gasteiger partial charge in [-0.15, -0.1) is 12.4 Å².